The minimum absolute atomic E-state index is 0.0904. The fourth-order valence-corrected chi connectivity index (χ4v) is 2.19. The van der Waals surface area contributed by atoms with Gasteiger partial charge in [-0.15, -0.1) is 9.24 Å². The molecule has 0 radical (unpaired) electrons. The van der Waals surface area contributed by atoms with Crippen molar-refractivity contribution in [3.05, 3.63) is 28.8 Å². The molecule has 0 aliphatic rings. The largest absolute Gasteiger partial charge is 0.298 e. The van der Waals surface area contributed by atoms with Crippen LogP contribution in [-0.2, 0) is 0 Å². The molecule has 90 valence electrons. The van der Waals surface area contributed by atoms with Crippen molar-refractivity contribution >= 4 is 42.7 Å². The Balaban J connectivity index is 3.34. The average molecular weight is 274 g/mol. The number of hydrogen-bond donors (Lipinski definition) is 2. The predicted molar refractivity (Wildman–Crippen MR) is 68.9 cm³/mol. The van der Waals surface area contributed by atoms with E-state index in [1.807, 2.05) is 9.24 Å². The van der Waals surface area contributed by atoms with Gasteiger partial charge in [0.25, 0.3) is 0 Å². The van der Waals surface area contributed by atoms with Crippen LogP contribution in [0.1, 0.15) is 22.8 Å². The summed E-state index contributed by atoms with van der Waals surface area (Å²) in [6, 6.07) is 1.10. The number of thioether (sulfide) groups is 1. The molecule has 1 unspecified atom stereocenters. The predicted octanol–water partition coefficient (Wildman–Crippen LogP) is 2.33. The van der Waals surface area contributed by atoms with Gasteiger partial charge in [0.15, 0.2) is 17.9 Å². The first-order valence-electron chi connectivity index (χ1n) is 4.43. The zero-order valence-electron chi connectivity index (χ0n) is 8.80. The van der Waals surface area contributed by atoms with Gasteiger partial charge in [0, 0.05) is 10.9 Å². The SMILES string of the molecule is CC(=N)SC(=N)c1cc(C=O)c(F)c(F)c1P. The number of carbonyl (C=O) groups is 1. The third-order valence-corrected chi connectivity index (χ3v) is 3.19. The van der Waals surface area contributed by atoms with Gasteiger partial charge in [0.2, 0.25) is 0 Å². The van der Waals surface area contributed by atoms with Crippen molar-refractivity contribution in [3.8, 4) is 0 Å². The second-order valence-corrected chi connectivity index (χ2v) is 4.96. The Bertz CT molecular complexity index is 520. The van der Waals surface area contributed by atoms with Crippen LogP contribution in [0, 0.1) is 22.5 Å². The fourth-order valence-electron chi connectivity index (χ4n) is 1.14. The van der Waals surface area contributed by atoms with Crippen LogP contribution in [0.3, 0.4) is 0 Å². The van der Waals surface area contributed by atoms with Crippen LogP contribution >= 0.6 is 21.0 Å². The molecule has 0 amide bonds. The van der Waals surface area contributed by atoms with E-state index in [0.717, 1.165) is 17.8 Å². The molecule has 2 N–H and O–H groups in total. The molecule has 1 rings (SSSR count). The first-order valence-corrected chi connectivity index (χ1v) is 5.82. The highest BCUT2D eigenvalue weighted by Crippen LogP contribution is 2.19. The molecular weight excluding hydrogens is 265 g/mol. The summed E-state index contributed by atoms with van der Waals surface area (Å²) in [7, 11) is 2.00. The monoisotopic (exact) mass is 274 g/mol. The van der Waals surface area contributed by atoms with Crippen LogP contribution in [-0.4, -0.2) is 16.4 Å². The second kappa shape index (κ2) is 5.47. The molecule has 0 fully saturated rings. The Hall–Kier alpha value is -1.13. The lowest BCUT2D eigenvalue weighted by molar-refractivity contribution is 0.111. The molecular formula is C10H9F2N2OPS. The Morgan fingerprint density at radius 3 is 2.47 bits per heavy atom. The normalized spacial score (nSPS) is 10.1. The minimum Gasteiger partial charge on any atom is -0.298 e. The molecule has 0 spiro atoms. The smallest absolute Gasteiger partial charge is 0.170 e. The lowest BCUT2D eigenvalue weighted by Gasteiger charge is -2.09. The van der Waals surface area contributed by atoms with Gasteiger partial charge in [-0.05, 0) is 13.0 Å². The topological polar surface area (TPSA) is 64.8 Å². The van der Waals surface area contributed by atoms with Gasteiger partial charge in [-0.2, -0.15) is 0 Å². The molecule has 1 aromatic rings. The van der Waals surface area contributed by atoms with Crippen LogP contribution in [0.15, 0.2) is 6.07 Å². The average Bonchev–Trinajstić information content (AvgIpc) is 2.25. The van der Waals surface area contributed by atoms with Crippen molar-refractivity contribution < 1.29 is 13.6 Å². The maximum atomic E-state index is 13.4. The van der Waals surface area contributed by atoms with E-state index in [2.05, 4.69) is 0 Å². The summed E-state index contributed by atoms with van der Waals surface area (Å²) in [6.07, 6.45) is 0.196. The van der Waals surface area contributed by atoms with Crippen molar-refractivity contribution in [3.63, 3.8) is 0 Å². The number of benzene rings is 1. The van der Waals surface area contributed by atoms with E-state index < -0.39 is 17.2 Å². The zero-order valence-corrected chi connectivity index (χ0v) is 10.8. The van der Waals surface area contributed by atoms with E-state index in [1.54, 1.807) is 0 Å². The molecule has 0 bridgehead atoms. The minimum atomic E-state index is -1.22. The molecule has 1 atom stereocenters. The zero-order chi connectivity index (χ0) is 13.2. The quantitative estimate of drug-likeness (QED) is 0.376. The fraction of sp³-hybridized carbons (Fsp3) is 0.100. The summed E-state index contributed by atoms with van der Waals surface area (Å²) in [4.78, 5) is 10.6. The van der Waals surface area contributed by atoms with Crippen LogP contribution < -0.4 is 5.30 Å². The van der Waals surface area contributed by atoms with Gasteiger partial charge in [-0.1, -0.05) is 11.8 Å². The molecule has 0 saturated heterocycles. The Morgan fingerprint density at radius 1 is 1.41 bits per heavy atom. The Morgan fingerprint density at radius 2 is 2.00 bits per heavy atom. The standard InChI is InChI=1S/C10H9F2N2OPS/c1-4(13)17-10(14)6-2-5(3-15)7(11)8(12)9(6)16/h2-3,13-14H,16H2,1H3. The highest BCUT2D eigenvalue weighted by Gasteiger charge is 2.18. The summed E-state index contributed by atoms with van der Waals surface area (Å²) in [5.74, 6) is -2.39. The lowest BCUT2D eigenvalue weighted by atomic mass is 10.1. The van der Waals surface area contributed by atoms with E-state index in [0.29, 0.717) is 0 Å². The van der Waals surface area contributed by atoms with Crippen molar-refractivity contribution in [2.24, 2.45) is 0 Å². The Labute approximate surface area is 103 Å². The number of aldehydes is 1. The summed E-state index contributed by atoms with van der Waals surface area (Å²) in [6.45, 7) is 1.47. The Kier molecular flexibility index (Phi) is 4.48. The van der Waals surface area contributed by atoms with Gasteiger partial charge in [-0.3, -0.25) is 15.6 Å². The van der Waals surface area contributed by atoms with Crippen LogP contribution in [0.25, 0.3) is 0 Å². The number of halogens is 2. The number of nitrogens with one attached hydrogen (secondary N) is 2. The van der Waals surface area contributed by atoms with E-state index in [1.165, 1.54) is 6.92 Å². The molecule has 0 saturated carbocycles. The van der Waals surface area contributed by atoms with Gasteiger partial charge in [-0.25, -0.2) is 8.78 Å². The third kappa shape index (κ3) is 2.96. The molecule has 7 heteroatoms. The molecule has 1 aromatic carbocycles. The van der Waals surface area contributed by atoms with E-state index in [-0.39, 0.29) is 27.2 Å². The number of carbonyl (C=O) groups excluding carboxylic acids is 1. The van der Waals surface area contributed by atoms with E-state index in [4.69, 9.17) is 10.8 Å². The summed E-state index contributed by atoms with van der Waals surface area (Å²) >= 11 is 0.804. The van der Waals surface area contributed by atoms with Gasteiger partial charge < -0.3 is 0 Å². The maximum Gasteiger partial charge on any atom is 0.170 e. The van der Waals surface area contributed by atoms with Crippen LogP contribution in [0.2, 0.25) is 0 Å². The van der Waals surface area contributed by atoms with Crippen molar-refractivity contribution in [1.82, 2.24) is 0 Å². The van der Waals surface area contributed by atoms with Gasteiger partial charge in [0.1, 0.15) is 5.04 Å². The molecule has 17 heavy (non-hydrogen) atoms. The molecule has 3 nitrogen and oxygen atoms in total. The van der Waals surface area contributed by atoms with E-state index in [9.17, 15) is 13.6 Å². The van der Waals surface area contributed by atoms with Crippen molar-refractivity contribution in [1.29, 1.82) is 10.8 Å². The van der Waals surface area contributed by atoms with Gasteiger partial charge >= 0.3 is 0 Å². The van der Waals surface area contributed by atoms with E-state index >= 15 is 0 Å². The number of hydrogen-bond acceptors (Lipinski definition) is 4. The molecule has 0 aromatic heterocycles. The molecule has 0 aliphatic heterocycles. The third-order valence-electron chi connectivity index (χ3n) is 1.90. The van der Waals surface area contributed by atoms with Crippen molar-refractivity contribution in [2.75, 3.05) is 0 Å². The summed E-state index contributed by atoms with van der Waals surface area (Å²) < 4.78 is 26.7. The van der Waals surface area contributed by atoms with Crippen molar-refractivity contribution in [2.45, 2.75) is 6.92 Å². The molecule has 0 heterocycles. The summed E-state index contributed by atoms with van der Waals surface area (Å²) in [5.41, 5.74) is -0.343. The number of rotatable bonds is 2. The second-order valence-electron chi connectivity index (χ2n) is 3.16. The first-order chi connectivity index (χ1) is 7.88. The van der Waals surface area contributed by atoms with Crippen LogP contribution in [0.5, 0.6) is 0 Å². The first kappa shape index (κ1) is 13.9. The van der Waals surface area contributed by atoms with Gasteiger partial charge in [0.05, 0.1) is 10.6 Å². The highest BCUT2D eigenvalue weighted by molar-refractivity contribution is 8.26. The molecule has 0 aliphatic carbocycles. The highest BCUT2D eigenvalue weighted by atomic mass is 32.2. The van der Waals surface area contributed by atoms with Crippen LogP contribution in [0.4, 0.5) is 8.78 Å². The lowest BCUT2D eigenvalue weighted by Crippen LogP contribution is -2.16. The maximum absolute atomic E-state index is 13.4. The summed E-state index contributed by atoms with van der Waals surface area (Å²) in [5, 5.41) is 14.8.